The fourth-order valence-electron chi connectivity index (χ4n) is 8.50. The lowest BCUT2D eigenvalue weighted by molar-refractivity contribution is -0.167. The molecule has 0 spiro atoms. The first-order chi connectivity index (χ1) is 31.0. The lowest BCUT2D eigenvalue weighted by atomic mass is 10.0. The van der Waals surface area contributed by atoms with E-state index in [0.29, 0.717) is 19.3 Å². The van der Waals surface area contributed by atoms with Crippen molar-refractivity contribution in [1.82, 2.24) is 0 Å². The zero-order chi connectivity index (χ0) is 45.8. The van der Waals surface area contributed by atoms with Gasteiger partial charge in [0.05, 0.1) is 0 Å². The summed E-state index contributed by atoms with van der Waals surface area (Å²) in [5.74, 6) is -0.853. The molecule has 0 aromatic heterocycles. The highest BCUT2D eigenvalue weighted by Gasteiger charge is 2.19. The molecule has 0 unspecified atom stereocenters. The maximum atomic E-state index is 12.8. The van der Waals surface area contributed by atoms with Crippen LogP contribution >= 0.6 is 0 Å². The van der Waals surface area contributed by atoms with Crippen molar-refractivity contribution in [2.24, 2.45) is 0 Å². The summed E-state index contributed by atoms with van der Waals surface area (Å²) < 4.78 is 16.9. The molecule has 0 aromatic carbocycles. The minimum absolute atomic E-state index is 0.0667. The second-order valence-electron chi connectivity index (χ2n) is 19.2. The molecule has 0 aliphatic rings. The van der Waals surface area contributed by atoms with Crippen LogP contribution in [0.4, 0.5) is 0 Å². The molecule has 0 bridgehead atoms. The number of ether oxygens (including phenoxy) is 3. The lowest BCUT2D eigenvalue weighted by Crippen LogP contribution is -2.30. The highest BCUT2D eigenvalue weighted by molar-refractivity contribution is 5.71. The molecule has 1 atom stereocenters. The highest BCUT2D eigenvalue weighted by Crippen LogP contribution is 2.17. The zero-order valence-electron chi connectivity index (χ0n) is 42.6. The van der Waals surface area contributed by atoms with Gasteiger partial charge in [-0.15, -0.1) is 0 Å². The molecule has 6 heteroatoms. The molecular formula is C57H108O6. The van der Waals surface area contributed by atoms with E-state index < -0.39 is 6.10 Å². The minimum Gasteiger partial charge on any atom is -0.462 e. The Morgan fingerprint density at radius 1 is 0.302 bits per heavy atom. The average Bonchev–Trinajstić information content (AvgIpc) is 3.28. The minimum atomic E-state index is -0.767. The van der Waals surface area contributed by atoms with E-state index in [1.807, 2.05) is 0 Å². The van der Waals surface area contributed by atoms with E-state index in [4.69, 9.17) is 14.2 Å². The summed E-state index contributed by atoms with van der Waals surface area (Å²) in [6, 6.07) is 0. The maximum Gasteiger partial charge on any atom is 0.306 e. The summed E-state index contributed by atoms with van der Waals surface area (Å²) in [4.78, 5) is 38.1. The molecule has 0 aliphatic carbocycles. The smallest absolute Gasteiger partial charge is 0.306 e. The quantitative estimate of drug-likeness (QED) is 0.0262. The number of carbonyl (C=O) groups excluding carboxylic acids is 3. The van der Waals surface area contributed by atoms with Crippen LogP contribution in [0.3, 0.4) is 0 Å². The average molecular weight is 889 g/mol. The molecule has 0 N–H and O–H groups in total. The second-order valence-corrected chi connectivity index (χ2v) is 19.2. The second kappa shape index (κ2) is 52.8. The van der Waals surface area contributed by atoms with Crippen LogP contribution in [0.1, 0.15) is 316 Å². The van der Waals surface area contributed by atoms with Crippen molar-refractivity contribution in [2.75, 3.05) is 13.2 Å². The van der Waals surface area contributed by atoms with Gasteiger partial charge in [0.1, 0.15) is 13.2 Å². The summed E-state index contributed by atoms with van der Waals surface area (Å²) in [5.41, 5.74) is 0. The number of esters is 3. The fraction of sp³-hybridized carbons (Fsp3) is 0.912. The van der Waals surface area contributed by atoms with E-state index in [0.717, 1.165) is 64.2 Å². The van der Waals surface area contributed by atoms with Gasteiger partial charge in [0, 0.05) is 19.3 Å². The van der Waals surface area contributed by atoms with E-state index in [1.165, 1.54) is 212 Å². The van der Waals surface area contributed by atoms with Gasteiger partial charge in [-0.25, -0.2) is 0 Å². The molecule has 0 fully saturated rings. The first-order valence-corrected chi connectivity index (χ1v) is 28.2. The van der Waals surface area contributed by atoms with Gasteiger partial charge in [-0.05, 0) is 44.9 Å². The Morgan fingerprint density at radius 3 is 0.794 bits per heavy atom. The molecule has 0 saturated carbocycles. The topological polar surface area (TPSA) is 78.9 Å². The van der Waals surface area contributed by atoms with Crippen LogP contribution in [0.5, 0.6) is 0 Å². The Bertz CT molecular complexity index is 978. The Hall–Kier alpha value is -1.85. The molecule has 0 saturated heterocycles. The summed E-state index contributed by atoms with van der Waals surface area (Å²) in [6.45, 7) is 6.68. The van der Waals surface area contributed by atoms with Crippen molar-refractivity contribution in [3.8, 4) is 0 Å². The zero-order valence-corrected chi connectivity index (χ0v) is 42.6. The molecule has 63 heavy (non-hydrogen) atoms. The van der Waals surface area contributed by atoms with Crippen LogP contribution < -0.4 is 0 Å². The molecule has 0 amide bonds. The Labute approximate surface area is 392 Å². The van der Waals surface area contributed by atoms with Crippen molar-refractivity contribution < 1.29 is 28.6 Å². The van der Waals surface area contributed by atoms with Gasteiger partial charge in [-0.3, -0.25) is 14.4 Å². The van der Waals surface area contributed by atoms with E-state index in [2.05, 4.69) is 32.9 Å². The number of unbranched alkanes of at least 4 members (excludes halogenated alkanes) is 39. The number of hydrogen-bond donors (Lipinski definition) is 0. The number of rotatable bonds is 52. The van der Waals surface area contributed by atoms with Crippen molar-refractivity contribution in [1.29, 1.82) is 0 Å². The number of hydrogen-bond acceptors (Lipinski definition) is 6. The van der Waals surface area contributed by atoms with Gasteiger partial charge in [0.2, 0.25) is 0 Å². The van der Waals surface area contributed by atoms with E-state index in [1.54, 1.807) is 0 Å². The van der Waals surface area contributed by atoms with Crippen LogP contribution in [0, 0.1) is 0 Å². The third kappa shape index (κ3) is 51.0. The molecule has 0 rings (SSSR count). The lowest BCUT2D eigenvalue weighted by Gasteiger charge is -2.18. The van der Waals surface area contributed by atoms with E-state index in [-0.39, 0.29) is 31.1 Å². The molecule has 6 nitrogen and oxygen atoms in total. The van der Waals surface area contributed by atoms with Crippen LogP contribution in [0.15, 0.2) is 12.2 Å². The first kappa shape index (κ1) is 61.1. The third-order valence-electron chi connectivity index (χ3n) is 12.8. The summed E-state index contributed by atoms with van der Waals surface area (Å²) in [5, 5.41) is 0. The van der Waals surface area contributed by atoms with Gasteiger partial charge in [-0.1, -0.05) is 264 Å². The van der Waals surface area contributed by atoms with Crippen LogP contribution in [-0.4, -0.2) is 37.2 Å². The van der Waals surface area contributed by atoms with Gasteiger partial charge in [-0.2, -0.15) is 0 Å². The molecule has 372 valence electrons. The molecule has 0 heterocycles. The fourth-order valence-corrected chi connectivity index (χ4v) is 8.50. The van der Waals surface area contributed by atoms with Crippen molar-refractivity contribution >= 4 is 17.9 Å². The summed E-state index contributed by atoms with van der Waals surface area (Å²) >= 11 is 0. The SMILES string of the molecule is CCCCCCCCC/C=C\CCCCCCCC(=O)OC[C@@H](COC(=O)CCCCCCCCCCCCCCCC)OC(=O)CCCCCCCCCCCCCCCCC. The standard InChI is InChI=1S/C57H108O6/c1-4-7-10-13-16-19-22-25-28-30-32-35-38-41-44-47-50-56(59)62-53-54(52-61-55(58)49-46-43-40-37-34-31-27-24-21-18-15-12-9-6-3)63-57(60)51-48-45-42-39-36-33-29-26-23-20-17-14-11-8-5-2/h28,30,54H,4-27,29,31-53H2,1-3H3/b30-28-/t54-/m1/s1. The Morgan fingerprint density at radius 2 is 0.524 bits per heavy atom. The van der Waals surface area contributed by atoms with Gasteiger partial charge in [0.25, 0.3) is 0 Å². The first-order valence-electron chi connectivity index (χ1n) is 28.2. The monoisotopic (exact) mass is 889 g/mol. The van der Waals surface area contributed by atoms with Gasteiger partial charge < -0.3 is 14.2 Å². The predicted octanol–water partition coefficient (Wildman–Crippen LogP) is 18.5. The number of carbonyl (C=O) groups is 3. The largest absolute Gasteiger partial charge is 0.462 e. The van der Waals surface area contributed by atoms with Crippen molar-refractivity contribution in [3.63, 3.8) is 0 Å². The van der Waals surface area contributed by atoms with Gasteiger partial charge >= 0.3 is 17.9 Å². The maximum absolute atomic E-state index is 12.8. The molecule has 0 aromatic rings. The van der Waals surface area contributed by atoms with Crippen molar-refractivity contribution in [3.05, 3.63) is 12.2 Å². The van der Waals surface area contributed by atoms with Gasteiger partial charge in [0.15, 0.2) is 6.10 Å². The molecule has 0 aliphatic heterocycles. The predicted molar refractivity (Wildman–Crippen MR) is 270 cm³/mol. The third-order valence-corrected chi connectivity index (χ3v) is 12.8. The van der Waals surface area contributed by atoms with E-state index >= 15 is 0 Å². The van der Waals surface area contributed by atoms with Crippen molar-refractivity contribution in [2.45, 2.75) is 322 Å². The van der Waals surface area contributed by atoms with Crippen LogP contribution in [0.2, 0.25) is 0 Å². The molecule has 0 radical (unpaired) electrons. The summed E-state index contributed by atoms with van der Waals surface area (Å²) in [6.07, 6.45) is 59.1. The summed E-state index contributed by atoms with van der Waals surface area (Å²) in [7, 11) is 0. The Kier molecular flexibility index (Phi) is 51.2. The van der Waals surface area contributed by atoms with Crippen LogP contribution in [0.25, 0.3) is 0 Å². The molecular weight excluding hydrogens is 781 g/mol. The van der Waals surface area contributed by atoms with Crippen LogP contribution in [-0.2, 0) is 28.6 Å². The normalized spacial score (nSPS) is 12.0. The van der Waals surface area contributed by atoms with E-state index in [9.17, 15) is 14.4 Å². The number of allylic oxidation sites excluding steroid dienone is 2. The Balaban J connectivity index is 4.33. The highest BCUT2D eigenvalue weighted by atomic mass is 16.6.